The van der Waals surface area contributed by atoms with E-state index >= 15 is 0 Å². The molecule has 3 aliphatic rings. The highest BCUT2D eigenvalue weighted by atomic mass is 16.5. The maximum atomic E-state index is 5.60. The molecule has 0 radical (unpaired) electrons. The number of nitrogens with one attached hydrogen (secondary N) is 1. The summed E-state index contributed by atoms with van der Waals surface area (Å²) in [6.45, 7) is 4.90. The molecular formula is C21H33N3O2. The topological polar surface area (TPSA) is 50.0 Å². The first kappa shape index (κ1) is 17.9. The second kappa shape index (κ2) is 8.47. The Bertz CT molecular complexity index is 572. The van der Waals surface area contributed by atoms with Crippen molar-refractivity contribution in [1.29, 1.82) is 0 Å². The number of hydrogen-bond donors (Lipinski definition) is 1. The van der Waals surface area contributed by atoms with Crippen LogP contribution >= 0.6 is 0 Å². The summed E-state index contributed by atoms with van der Waals surface area (Å²) >= 11 is 0. The minimum atomic E-state index is 0.453. The molecular weight excluding hydrogens is 326 g/mol. The zero-order chi connectivity index (χ0) is 17.7. The third-order valence-electron chi connectivity index (χ3n) is 6.43. The lowest BCUT2D eigenvalue weighted by molar-refractivity contribution is 0.0217. The first-order chi connectivity index (χ1) is 12.8. The molecule has 1 saturated carbocycles. The van der Waals surface area contributed by atoms with Crippen molar-refractivity contribution >= 4 is 5.96 Å². The van der Waals surface area contributed by atoms with Crippen molar-refractivity contribution in [1.82, 2.24) is 10.2 Å². The van der Waals surface area contributed by atoms with Crippen LogP contribution in [0.2, 0.25) is 0 Å². The van der Waals surface area contributed by atoms with E-state index < -0.39 is 0 Å². The van der Waals surface area contributed by atoms with E-state index in [1.807, 2.05) is 12.1 Å². The minimum Gasteiger partial charge on any atom is -0.469 e. The summed E-state index contributed by atoms with van der Waals surface area (Å²) in [4.78, 5) is 7.51. The van der Waals surface area contributed by atoms with E-state index in [4.69, 9.17) is 14.1 Å². The second-order valence-electron chi connectivity index (χ2n) is 8.30. The number of nitrogens with zero attached hydrogens (tertiary/aromatic N) is 2. The van der Waals surface area contributed by atoms with Crippen molar-refractivity contribution in [2.24, 2.45) is 10.4 Å². The van der Waals surface area contributed by atoms with Gasteiger partial charge in [-0.15, -0.1) is 0 Å². The molecule has 1 aromatic rings. The lowest BCUT2D eigenvalue weighted by Crippen LogP contribution is -2.47. The van der Waals surface area contributed by atoms with Crippen LogP contribution < -0.4 is 5.32 Å². The van der Waals surface area contributed by atoms with Gasteiger partial charge < -0.3 is 19.4 Å². The summed E-state index contributed by atoms with van der Waals surface area (Å²) in [6, 6.07) is 4.59. The Morgan fingerprint density at radius 3 is 2.81 bits per heavy atom. The van der Waals surface area contributed by atoms with E-state index in [2.05, 4.69) is 10.2 Å². The Hall–Kier alpha value is -1.49. The van der Waals surface area contributed by atoms with E-state index in [0.29, 0.717) is 11.5 Å². The minimum absolute atomic E-state index is 0.453. The van der Waals surface area contributed by atoms with E-state index in [9.17, 15) is 0 Å². The summed E-state index contributed by atoms with van der Waals surface area (Å²) in [5.41, 5.74) is 0.453. The maximum Gasteiger partial charge on any atom is 0.194 e. The Balaban J connectivity index is 1.41. The average Bonchev–Trinajstić information content (AvgIpc) is 3.33. The van der Waals surface area contributed by atoms with Crippen molar-refractivity contribution in [3.8, 4) is 0 Å². The molecule has 3 fully saturated rings. The van der Waals surface area contributed by atoms with Crippen molar-refractivity contribution in [2.75, 3.05) is 32.8 Å². The summed E-state index contributed by atoms with van der Waals surface area (Å²) in [7, 11) is 0. The first-order valence-electron chi connectivity index (χ1n) is 10.5. The first-order valence-corrected chi connectivity index (χ1v) is 10.5. The van der Waals surface area contributed by atoms with Crippen LogP contribution in [0.25, 0.3) is 0 Å². The molecule has 0 atom stereocenters. The van der Waals surface area contributed by atoms with Gasteiger partial charge in [0.2, 0.25) is 0 Å². The number of furan rings is 1. The van der Waals surface area contributed by atoms with Gasteiger partial charge in [-0.05, 0) is 49.7 Å². The van der Waals surface area contributed by atoms with Gasteiger partial charge in [0.25, 0.3) is 0 Å². The van der Waals surface area contributed by atoms with Crippen LogP contribution in [-0.4, -0.2) is 49.7 Å². The van der Waals surface area contributed by atoms with Gasteiger partial charge in [-0.25, -0.2) is 0 Å². The molecule has 0 bridgehead atoms. The molecule has 3 heterocycles. The molecule has 1 N–H and O–H groups in total. The molecule has 4 rings (SSSR count). The molecule has 5 heteroatoms. The van der Waals surface area contributed by atoms with Gasteiger partial charge in [-0.2, -0.15) is 0 Å². The van der Waals surface area contributed by atoms with Gasteiger partial charge in [-0.3, -0.25) is 4.99 Å². The maximum absolute atomic E-state index is 5.60. The van der Waals surface area contributed by atoms with Crippen LogP contribution in [0, 0.1) is 5.41 Å². The van der Waals surface area contributed by atoms with Gasteiger partial charge in [-0.1, -0.05) is 19.3 Å². The summed E-state index contributed by atoms with van der Waals surface area (Å²) in [5.74, 6) is 2.15. The monoisotopic (exact) mass is 359 g/mol. The summed E-state index contributed by atoms with van der Waals surface area (Å²) in [5, 5.41) is 3.81. The molecule has 0 aromatic carbocycles. The predicted molar refractivity (Wildman–Crippen MR) is 103 cm³/mol. The molecule has 144 valence electrons. The summed E-state index contributed by atoms with van der Waals surface area (Å²) < 4.78 is 11.1. The molecule has 1 aliphatic carbocycles. The fraction of sp³-hybridized carbons (Fsp3) is 0.762. The Kier molecular flexibility index (Phi) is 5.83. The number of ether oxygens (including phenoxy) is 1. The third kappa shape index (κ3) is 4.43. The van der Waals surface area contributed by atoms with E-state index in [1.165, 1.54) is 51.4 Å². The average molecular weight is 360 g/mol. The number of likely N-dealkylation sites (tertiary alicyclic amines) is 1. The SMILES string of the molecule is c1coc(CCN=C(NC2CCCCC2)N2CCC3(CCOCC3)C2)c1. The largest absolute Gasteiger partial charge is 0.469 e. The highest BCUT2D eigenvalue weighted by molar-refractivity contribution is 5.80. The molecule has 1 spiro atoms. The third-order valence-corrected chi connectivity index (χ3v) is 6.43. The second-order valence-corrected chi connectivity index (χ2v) is 8.30. The van der Waals surface area contributed by atoms with E-state index in [0.717, 1.165) is 51.0 Å². The molecule has 2 saturated heterocycles. The van der Waals surface area contributed by atoms with Gasteiger partial charge in [0.15, 0.2) is 5.96 Å². The van der Waals surface area contributed by atoms with E-state index in [1.54, 1.807) is 6.26 Å². The molecule has 0 amide bonds. The quantitative estimate of drug-likeness (QED) is 0.659. The van der Waals surface area contributed by atoms with Crippen LogP contribution in [0.4, 0.5) is 0 Å². The van der Waals surface area contributed by atoms with Crippen molar-refractivity contribution in [3.05, 3.63) is 24.2 Å². The molecule has 26 heavy (non-hydrogen) atoms. The molecule has 0 unspecified atom stereocenters. The standard InChI is InChI=1S/C21H33N3O2/c1-2-5-18(6-3-1)23-20(22-12-8-19-7-4-14-26-19)24-13-9-21(17-24)10-15-25-16-11-21/h4,7,14,18H,1-3,5-6,8-13,15-17H2,(H,22,23). The van der Waals surface area contributed by atoms with Crippen LogP contribution in [0.3, 0.4) is 0 Å². The number of rotatable bonds is 4. The van der Waals surface area contributed by atoms with Crippen molar-refractivity contribution in [2.45, 2.75) is 63.8 Å². The lowest BCUT2D eigenvalue weighted by atomic mass is 9.80. The van der Waals surface area contributed by atoms with Gasteiger partial charge in [0.1, 0.15) is 5.76 Å². The zero-order valence-electron chi connectivity index (χ0n) is 15.9. The lowest BCUT2D eigenvalue weighted by Gasteiger charge is -2.34. The summed E-state index contributed by atoms with van der Waals surface area (Å²) in [6.07, 6.45) is 12.9. The van der Waals surface area contributed by atoms with Gasteiger partial charge >= 0.3 is 0 Å². The van der Waals surface area contributed by atoms with Crippen LogP contribution in [0.5, 0.6) is 0 Å². The van der Waals surface area contributed by atoms with Crippen molar-refractivity contribution < 1.29 is 9.15 Å². The fourth-order valence-corrected chi connectivity index (χ4v) is 4.72. The molecule has 2 aliphatic heterocycles. The van der Waals surface area contributed by atoms with Crippen LogP contribution in [0.1, 0.15) is 57.1 Å². The highest BCUT2D eigenvalue weighted by Gasteiger charge is 2.40. The molecule has 5 nitrogen and oxygen atoms in total. The van der Waals surface area contributed by atoms with Gasteiger partial charge in [0, 0.05) is 45.3 Å². The zero-order valence-corrected chi connectivity index (χ0v) is 15.9. The Morgan fingerprint density at radius 2 is 2.04 bits per heavy atom. The number of hydrogen-bond acceptors (Lipinski definition) is 3. The molecule has 1 aromatic heterocycles. The highest BCUT2D eigenvalue weighted by Crippen LogP contribution is 2.39. The Labute approximate surface area is 157 Å². The fourth-order valence-electron chi connectivity index (χ4n) is 4.72. The number of guanidine groups is 1. The van der Waals surface area contributed by atoms with Crippen molar-refractivity contribution in [3.63, 3.8) is 0 Å². The Morgan fingerprint density at radius 1 is 1.19 bits per heavy atom. The number of aliphatic imine (C=N–C) groups is 1. The van der Waals surface area contributed by atoms with Crippen LogP contribution in [0.15, 0.2) is 27.8 Å². The van der Waals surface area contributed by atoms with Gasteiger partial charge in [0.05, 0.1) is 6.26 Å². The predicted octanol–water partition coefficient (Wildman–Crippen LogP) is 3.60. The van der Waals surface area contributed by atoms with Crippen LogP contribution in [-0.2, 0) is 11.2 Å². The normalized spacial score (nSPS) is 24.3. The van der Waals surface area contributed by atoms with E-state index in [-0.39, 0.29) is 0 Å². The smallest absolute Gasteiger partial charge is 0.194 e.